The first-order valence-corrected chi connectivity index (χ1v) is 11.9. The lowest BCUT2D eigenvalue weighted by molar-refractivity contribution is 0.866. The standard InChI is InChI=1S/C33H29N/c1-25(2)26-17-21-32(22-18-26)34(31-11-7-4-8-12-31)33-23-19-30(20-24-33)29-15-13-28(14-16-29)27-9-5-3-6-10-27/h3-25H,1-2H3. The highest BCUT2D eigenvalue weighted by Gasteiger charge is 2.13. The summed E-state index contributed by atoms with van der Waals surface area (Å²) in [7, 11) is 0. The Labute approximate surface area is 203 Å². The Morgan fingerprint density at radius 2 is 0.735 bits per heavy atom. The minimum atomic E-state index is 0.520. The molecule has 5 aromatic carbocycles. The van der Waals surface area contributed by atoms with Crippen LogP contribution in [0.15, 0.2) is 133 Å². The molecule has 0 amide bonds. The van der Waals surface area contributed by atoms with Gasteiger partial charge in [0, 0.05) is 17.1 Å². The molecule has 0 saturated carbocycles. The maximum Gasteiger partial charge on any atom is 0.0462 e. The average molecular weight is 440 g/mol. The molecular formula is C33H29N. The van der Waals surface area contributed by atoms with E-state index in [1.807, 2.05) is 0 Å². The molecule has 0 aliphatic heterocycles. The Bertz CT molecular complexity index is 1320. The van der Waals surface area contributed by atoms with Crippen LogP contribution < -0.4 is 4.90 Å². The zero-order valence-corrected chi connectivity index (χ0v) is 19.7. The Morgan fingerprint density at radius 3 is 1.21 bits per heavy atom. The van der Waals surface area contributed by atoms with Gasteiger partial charge in [0.2, 0.25) is 0 Å². The fraction of sp³-hybridized carbons (Fsp3) is 0.0909. The largest absolute Gasteiger partial charge is 0.311 e. The normalized spacial score (nSPS) is 10.9. The maximum atomic E-state index is 2.31. The molecule has 0 aromatic heterocycles. The Balaban J connectivity index is 1.45. The van der Waals surface area contributed by atoms with Crippen LogP contribution in [-0.4, -0.2) is 0 Å². The van der Waals surface area contributed by atoms with Crippen LogP contribution in [0.1, 0.15) is 25.3 Å². The molecule has 0 aliphatic carbocycles. The first-order chi connectivity index (χ1) is 16.7. The van der Waals surface area contributed by atoms with Gasteiger partial charge in [0.25, 0.3) is 0 Å². The summed E-state index contributed by atoms with van der Waals surface area (Å²) in [5.74, 6) is 0.520. The lowest BCUT2D eigenvalue weighted by Crippen LogP contribution is -2.09. The van der Waals surface area contributed by atoms with E-state index in [2.05, 4.69) is 152 Å². The minimum absolute atomic E-state index is 0.520. The van der Waals surface area contributed by atoms with Crippen molar-refractivity contribution in [1.82, 2.24) is 0 Å². The number of rotatable bonds is 6. The zero-order valence-electron chi connectivity index (χ0n) is 19.7. The van der Waals surface area contributed by atoms with E-state index in [9.17, 15) is 0 Å². The van der Waals surface area contributed by atoms with Gasteiger partial charge < -0.3 is 4.90 Å². The molecule has 1 nitrogen and oxygen atoms in total. The summed E-state index contributed by atoms with van der Waals surface area (Å²) in [6, 6.07) is 47.6. The molecule has 0 bridgehead atoms. The van der Waals surface area contributed by atoms with E-state index in [-0.39, 0.29) is 0 Å². The molecule has 1 heteroatoms. The van der Waals surface area contributed by atoms with E-state index in [4.69, 9.17) is 0 Å². The summed E-state index contributed by atoms with van der Waals surface area (Å²) in [5, 5.41) is 0. The second kappa shape index (κ2) is 9.80. The lowest BCUT2D eigenvalue weighted by Gasteiger charge is -2.26. The molecule has 0 aliphatic rings. The number of hydrogen-bond donors (Lipinski definition) is 0. The van der Waals surface area contributed by atoms with Crippen molar-refractivity contribution in [2.45, 2.75) is 19.8 Å². The maximum absolute atomic E-state index is 2.31. The fourth-order valence-electron chi connectivity index (χ4n) is 4.32. The van der Waals surface area contributed by atoms with E-state index in [0.29, 0.717) is 5.92 Å². The lowest BCUT2D eigenvalue weighted by atomic mass is 10.00. The zero-order chi connectivity index (χ0) is 23.3. The Morgan fingerprint density at radius 1 is 0.382 bits per heavy atom. The van der Waals surface area contributed by atoms with Gasteiger partial charge in [0.1, 0.15) is 0 Å². The van der Waals surface area contributed by atoms with Crippen molar-refractivity contribution in [2.75, 3.05) is 4.90 Å². The molecule has 0 atom stereocenters. The molecule has 166 valence electrons. The van der Waals surface area contributed by atoms with Crippen LogP contribution in [0.3, 0.4) is 0 Å². The van der Waals surface area contributed by atoms with Crippen molar-refractivity contribution in [3.8, 4) is 22.3 Å². The summed E-state index contributed by atoms with van der Waals surface area (Å²) in [6.45, 7) is 4.46. The molecule has 5 rings (SSSR count). The molecule has 0 radical (unpaired) electrons. The highest BCUT2D eigenvalue weighted by molar-refractivity contribution is 5.78. The van der Waals surface area contributed by atoms with Crippen LogP contribution in [-0.2, 0) is 0 Å². The molecule has 5 aromatic rings. The van der Waals surface area contributed by atoms with E-state index in [1.54, 1.807) is 0 Å². The predicted octanol–water partition coefficient (Wildman–Crippen LogP) is 9.61. The third-order valence-corrected chi connectivity index (χ3v) is 6.28. The molecule has 0 saturated heterocycles. The Hall–Kier alpha value is -4.10. The van der Waals surface area contributed by atoms with Crippen LogP contribution in [0.4, 0.5) is 17.1 Å². The molecule has 0 spiro atoms. The highest BCUT2D eigenvalue weighted by Crippen LogP contribution is 2.36. The molecule has 34 heavy (non-hydrogen) atoms. The average Bonchev–Trinajstić information content (AvgIpc) is 2.91. The number of nitrogens with zero attached hydrogens (tertiary/aromatic N) is 1. The quantitative estimate of drug-likeness (QED) is 0.254. The number of anilines is 3. The molecular weight excluding hydrogens is 410 g/mol. The second-order valence-corrected chi connectivity index (χ2v) is 8.91. The van der Waals surface area contributed by atoms with Crippen molar-refractivity contribution in [3.63, 3.8) is 0 Å². The van der Waals surface area contributed by atoms with Gasteiger partial charge in [0.05, 0.1) is 0 Å². The van der Waals surface area contributed by atoms with Crippen molar-refractivity contribution < 1.29 is 0 Å². The van der Waals surface area contributed by atoms with Gasteiger partial charge in [0.15, 0.2) is 0 Å². The molecule has 0 fully saturated rings. The van der Waals surface area contributed by atoms with E-state index in [1.165, 1.54) is 27.8 Å². The van der Waals surface area contributed by atoms with Gasteiger partial charge in [-0.3, -0.25) is 0 Å². The van der Waals surface area contributed by atoms with Crippen molar-refractivity contribution >= 4 is 17.1 Å². The monoisotopic (exact) mass is 439 g/mol. The third-order valence-electron chi connectivity index (χ3n) is 6.28. The summed E-state index contributed by atoms with van der Waals surface area (Å²) in [4.78, 5) is 2.31. The number of hydrogen-bond acceptors (Lipinski definition) is 1. The third kappa shape index (κ3) is 4.65. The van der Waals surface area contributed by atoms with Crippen LogP contribution >= 0.6 is 0 Å². The Kier molecular flexibility index (Phi) is 6.27. The summed E-state index contributed by atoms with van der Waals surface area (Å²) in [5.41, 5.74) is 9.73. The van der Waals surface area contributed by atoms with Crippen LogP contribution in [0, 0.1) is 0 Å². The van der Waals surface area contributed by atoms with E-state index in [0.717, 1.165) is 17.1 Å². The van der Waals surface area contributed by atoms with E-state index >= 15 is 0 Å². The number of para-hydroxylation sites is 1. The highest BCUT2D eigenvalue weighted by atomic mass is 15.1. The van der Waals surface area contributed by atoms with Crippen molar-refractivity contribution in [1.29, 1.82) is 0 Å². The minimum Gasteiger partial charge on any atom is -0.311 e. The van der Waals surface area contributed by atoms with Gasteiger partial charge in [-0.1, -0.05) is 111 Å². The van der Waals surface area contributed by atoms with Gasteiger partial charge in [-0.25, -0.2) is 0 Å². The van der Waals surface area contributed by atoms with Crippen LogP contribution in [0.5, 0.6) is 0 Å². The smallest absolute Gasteiger partial charge is 0.0462 e. The van der Waals surface area contributed by atoms with Crippen LogP contribution in [0.2, 0.25) is 0 Å². The van der Waals surface area contributed by atoms with Gasteiger partial charge in [-0.15, -0.1) is 0 Å². The fourth-order valence-corrected chi connectivity index (χ4v) is 4.32. The first-order valence-electron chi connectivity index (χ1n) is 11.9. The van der Waals surface area contributed by atoms with Gasteiger partial charge >= 0.3 is 0 Å². The van der Waals surface area contributed by atoms with Crippen molar-refractivity contribution in [3.05, 3.63) is 139 Å². The van der Waals surface area contributed by atoms with Gasteiger partial charge in [-0.2, -0.15) is 0 Å². The molecule has 0 N–H and O–H groups in total. The summed E-state index contributed by atoms with van der Waals surface area (Å²) < 4.78 is 0. The first kappa shape index (κ1) is 21.7. The van der Waals surface area contributed by atoms with Gasteiger partial charge in [-0.05, 0) is 70.1 Å². The second-order valence-electron chi connectivity index (χ2n) is 8.91. The SMILES string of the molecule is CC(C)c1ccc(N(c2ccccc2)c2ccc(-c3ccc(-c4ccccc4)cc3)cc2)cc1. The van der Waals surface area contributed by atoms with Crippen LogP contribution in [0.25, 0.3) is 22.3 Å². The molecule has 0 heterocycles. The summed E-state index contributed by atoms with van der Waals surface area (Å²) >= 11 is 0. The predicted molar refractivity (Wildman–Crippen MR) is 146 cm³/mol. The van der Waals surface area contributed by atoms with E-state index < -0.39 is 0 Å². The summed E-state index contributed by atoms with van der Waals surface area (Å²) in [6.07, 6.45) is 0. The topological polar surface area (TPSA) is 3.24 Å². The number of benzene rings is 5. The molecule has 0 unspecified atom stereocenters. The van der Waals surface area contributed by atoms with Crippen molar-refractivity contribution in [2.24, 2.45) is 0 Å².